The van der Waals surface area contributed by atoms with Crippen LogP contribution in [0.2, 0.25) is 0 Å². The molecule has 19 heavy (non-hydrogen) atoms. The molecule has 2 rings (SSSR count). The Bertz CT molecular complexity index is 420. The first-order chi connectivity index (χ1) is 9.28. The Kier molecular flexibility index (Phi) is 5.70. The van der Waals surface area contributed by atoms with Crippen molar-refractivity contribution < 1.29 is 4.79 Å². The summed E-state index contributed by atoms with van der Waals surface area (Å²) in [5, 5.41) is 1.83. The summed E-state index contributed by atoms with van der Waals surface area (Å²) in [5.74, 6) is 0. The van der Waals surface area contributed by atoms with Gasteiger partial charge < -0.3 is 4.90 Å². The number of rotatable bonds is 5. The zero-order valence-electron chi connectivity index (χ0n) is 11.7. The molecule has 1 atom stereocenters. The van der Waals surface area contributed by atoms with E-state index in [1.165, 1.54) is 19.3 Å². The quantitative estimate of drug-likeness (QED) is 0.777. The highest BCUT2D eigenvalue weighted by Gasteiger charge is 2.20. The van der Waals surface area contributed by atoms with Gasteiger partial charge in [-0.15, -0.1) is 0 Å². The van der Waals surface area contributed by atoms with Gasteiger partial charge in [0.05, 0.1) is 10.6 Å². The van der Waals surface area contributed by atoms with Gasteiger partial charge in [0.25, 0.3) is 0 Å². The Morgan fingerprint density at radius 2 is 2.32 bits per heavy atom. The lowest BCUT2D eigenvalue weighted by molar-refractivity contribution is 0.112. The van der Waals surface area contributed by atoms with Gasteiger partial charge in [-0.05, 0) is 31.9 Å². The number of aldehydes is 1. The second-order valence-electron chi connectivity index (χ2n) is 4.95. The molecule has 0 N–H and O–H groups in total. The fourth-order valence-electron chi connectivity index (χ4n) is 2.49. The molecule has 1 aromatic rings. The molecule has 0 aliphatic carbocycles. The van der Waals surface area contributed by atoms with E-state index in [0.29, 0.717) is 0 Å². The van der Waals surface area contributed by atoms with Crippen molar-refractivity contribution in [2.75, 3.05) is 24.2 Å². The second kappa shape index (κ2) is 7.29. The first kappa shape index (κ1) is 14.9. The molecule has 0 aromatic carbocycles. The van der Waals surface area contributed by atoms with Crippen LogP contribution in [0.15, 0.2) is 0 Å². The second-order valence-corrected chi connectivity index (χ2v) is 7.10. The van der Waals surface area contributed by atoms with E-state index in [4.69, 9.17) is 4.98 Å². The van der Waals surface area contributed by atoms with Gasteiger partial charge in [-0.3, -0.25) is 4.79 Å². The largest absolute Gasteiger partial charge is 0.348 e. The van der Waals surface area contributed by atoms with Crippen molar-refractivity contribution in [2.45, 2.75) is 44.3 Å². The van der Waals surface area contributed by atoms with Gasteiger partial charge in [0.2, 0.25) is 0 Å². The average Bonchev–Trinajstić information content (AvgIpc) is 2.68. The van der Waals surface area contributed by atoms with Crippen molar-refractivity contribution in [3.8, 4) is 0 Å². The molecule has 1 saturated heterocycles. The third kappa shape index (κ3) is 3.72. The first-order valence-electron chi connectivity index (χ1n) is 7.01. The van der Waals surface area contributed by atoms with E-state index < -0.39 is 0 Å². The smallest absolute Gasteiger partial charge is 0.186 e. The number of hydrogen-bond acceptors (Lipinski definition) is 5. The summed E-state index contributed by atoms with van der Waals surface area (Å²) in [6.07, 6.45) is 8.86. The molecule has 0 bridgehead atoms. The van der Waals surface area contributed by atoms with Crippen molar-refractivity contribution in [1.29, 1.82) is 0 Å². The highest BCUT2D eigenvalue weighted by molar-refractivity contribution is 7.99. The molecule has 1 aliphatic heterocycles. The Morgan fingerprint density at radius 1 is 1.47 bits per heavy atom. The molecule has 5 heteroatoms. The van der Waals surface area contributed by atoms with E-state index in [9.17, 15) is 4.79 Å². The van der Waals surface area contributed by atoms with Gasteiger partial charge in [0.15, 0.2) is 11.4 Å². The zero-order valence-corrected chi connectivity index (χ0v) is 13.4. The molecule has 0 radical (unpaired) electrons. The number of hydrogen-bond donors (Lipinski definition) is 0. The summed E-state index contributed by atoms with van der Waals surface area (Å²) >= 11 is 3.54. The third-order valence-corrected chi connectivity index (χ3v) is 5.81. The maximum Gasteiger partial charge on any atom is 0.186 e. The van der Waals surface area contributed by atoms with Crippen LogP contribution in [0.4, 0.5) is 5.13 Å². The van der Waals surface area contributed by atoms with E-state index in [0.717, 1.165) is 53.2 Å². The minimum atomic E-state index is 0.783. The summed E-state index contributed by atoms with van der Waals surface area (Å²) in [5.41, 5.74) is 0.989. The van der Waals surface area contributed by atoms with Gasteiger partial charge in [-0.2, -0.15) is 11.8 Å². The van der Waals surface area contributed by atoms with Crippen LogP contribution < -0.4 is 4.90 Å². The topological polar surface area (TPSA) is 33.2 Å². The van der Waals surface area contributed by atoms with E-state index in [1.54, 1.807) is 11.3 Å². The van der Waals surface area contributed by atoms with E-state index in [1.807, 2.05) is 11.8 Å². The van der Waals surface area contributed by atoms with E-state index >= 15 is 0 Å². The molecule has 0 amide bonds. The Labute approximate surface area is 123 Å². The van der Waals surface area contributed by atoms with Crippen molar-refractivity contribution >= 4 is 34.5 Å². The van der Waals surface area contributed by atoms with Crippen LogP contribution in [0.5, 0.6) is 0 Å². The molecule has 1 aliphatic rings. The summed E-state index contributed by atoms with van der Waals surface area (Å²) in [7, 11) is 0. The fourth-order valence-corrected chi connectivity index (χ4v) is 4.21. The number of carbonyl (C=O) groups excluding carboxylic acids is 1. The van der Waals surface area contributed by atoms with Crippen molar-refractivity contribution in [1.82, 2.24) is 4.98 Å². The van der Waals surface area contributed by atoms with Crippen LogP contribution in [-0.2, 0) is 6.42 Å². The van der Waals surface area contributed by atoms with Crippen molar-refractivity contribution in [3.63, 3.8) is 0 Å². The number of aryl methyl sites for hydroxylation is 1. The molecule has 106 valence electrons. The maximum absolute atomic E-state index is 11.1. The molecule has 1 aromatic heterocycles. The number of carbonyl (C=O) groups is 1. The Balaban J connectivity index is 2.10. The molecular formula is C14H22N2OS2. The van der Waals surface area contributed by atoms with Crippen LogP contribution in [0.3, 0.4) is 0 Å². The number of aromatic nitrogens is 1. The highest BCUT2D eigenvalue weighted by atomic mass is 32.2. The molecule has 3 nitrogen and oxygen atoms in total. The van der Waals surface area contributed by atoms with Gasteiger partial charge in [0, 0.05) is 18.3 Å². The van der Waals surface area contributed by atoms with Crippen molar-refractivity contribution in [2.24, 2.45) is 0 Å². The maximum atomic E-state index is 11.1. The minimum Gasteiger partial charge on any atom is -0.348 e. The number of thioether (sulfide) groups is 1. The standard InChI is InChI=1S/C14H22N2OS2/c1-3-5-12-13(10-17)19-14(15-12)16-8-4-6-11(18-2)7-9-16/h10-11H,3-9H2,1-2H3. The SMILES string of the molecule is CCCc1nc(N2CCCC(SC)CC2)sc1C=O. The Hall–Kier alpha value is -0.550. The molecule has 0 spiro atoms. The van der Waals surface area contributed by atoms with Gasteiger partial charge in [-0.1, -0.05) is 24.7 Å². The molecule has 1 fully saturated rings. The van der Waals surface area contributed by atoms with Crippen LogP contribution in [0.25, 0.3) is 0 Å². The normalized spacial score (nSPS) is 20.3. The van der Waals surface area contributed by atoms with Crippen LogP contribution >= 0.6 is 23.1 Å². The van der Waals surface area contributed by atoms with Gasteiger partial charge >= 0.3 is 0 Å². The first-order valence-corrected chi connectivity index (χ1v) is 9.11. The monoisotopic (exact) mass is 298 g/mol. The summed E-state index contributed by atoms with van der Waals surface area (Å²) in [4.78, 5) is 19.0. The summed E-state index contributed by atoms with van der Waals surface area (Å²) in [6.45, 7) is 4.28. The molecule has 1 unspecified atom stereocenters. The summed E-state index contributed by atoms with van der Waals surface area (Å²) < 4.78 is 0. The number of nitrogens with zero attached hydrogens (tertiary/aromatic N) is 2. The fraction of sp³-hybridized carbons (Fsp3) is 0.714. The van der Waals surface area contributed by atoms with Gasteiger partial charge in [-0.25, -0.2) is 4.98 Å². The molecule has 0 saturated carbocycles. The lowest BCUT2D eigenvalue weighted by Gasteiger charge is -2.19. The lowest BCUT2D eigenvalue weighted by Crippen LogP contribution is -2.24. The zero-order chi connectivity index (χ0) is 13.7. The molecule has 2 heterocycles. The van der Waals surface area contributed by atoms with Crippen molar-refractivity contribution in [3.05, 3.63) is 10.6 Å². The predicted octanol–water partition coefficient (Wildman–Crippen LogP) is 3.63. The minimum absolute atomic E-state index is 0.783. The third-order valence-electron chi connectivity index (χ3n) is 3.59. The lowest BCUT2D eigenvalue weighted by atomic mass is 10.2. The number of thiazole rings is 1. The van der Waals surface area contributed by atoms with Crippen LogP contribution in [-0.4, -0.2) is 35.9 Å². The summed E-state index contributed by atoms with van der Waals surface area (Å²) in [6, 6.07) is 0. The predicted molar refractivity (Wildman–Crippen MR) is 84.9 cm³/mol. The number of anilines is 1. The highest BCUT2D eigenvalue weighted by Crippen LogP contribution is 2.29. The Morgan fingerprint density at radius 3 is 3.00 bits per heavy atom. The van der Waals surface area contributed by atoms with E-state index in [-0.39, 0.29) is 0 Å². The molecular weight excluding hydrogens is 276 g/mol. The van der Waals surface area contributed by atoms with Crippen LogP contribution in [0, 0.1) is 0 Å². The van der Waals surface area contributed by atoms with Gasteiger partial charge in [0.1, 0.15) is 0 Å². The van der Waals surface area contributed by atoms with E-state index in [2.05, 4.69) is 18.1 Å². The van der Waals surface area contributed by atoms with Crippen LogP contribution in [0.1, 0.15) is 48.0 Å². The average molecular weight is 298 g/mol.